The summed E-state index contributed by atoms with van der Waals surface area (Å²) in [4.78, 5) is 11.4. The molecule has 0 unspecified atom stereocenters. The lowest BCUT2D eigenvalue weighted by molar-refractivity contribution is -0.137. The van der Waals surface area contributed by atoms with Gasteiger partial charge in [-0.05, 0) is 24.6 Å². The van der Waals surface area contributed by atoms with Crippen molar-refractivity contribution in [3.63, 3.8) is 0 Å². The van der Waals surface area contributed by atoms with Crippen LogP contribution in [0.15, 0.2) is 18.2 Å². The molecule has 6 nitrogen and oxygen atoms in total. The van der Waals surface area contributed by atoms with E-state index >= 15 is 0 Å². The third-order valence-corrected chi connectivity index (χ3v) is 4.09. The highest BCUT2D eigenvalue weighted by Gasteiger charge is 2.13. The number of rotatable bonds is 5. The van der Waals surface area contributed by atoms with Crippen LogP contribution in [0.5, 0.6) is 5.75 Å². The summed E-state index contributed by atoms with van der Waals surface area (Å²) in [5.41, 5.74) is 1.03. The van der Waals surface area contributed by atoms with Crippen LogP contribution in [0.25, 0.3) is 15.2 Å². The molecular formula is C13H13N3O3S. The summed E-state index contributed by atoms with van der Waals surface area (Å²) in [6.45, 7) is 0. The Hall–Kier alpha value is -2.15. The van der Waals surface area contributed by atoms with Crippen LogP contribution in [-0.4, -0.2) is 32.8 Å². The fourth-order valence-corrected chi connectivity index (χ4v) is 3.17. The summed E-state index contributed by atoms with van der Waals surface area (Å²) < 4.78 is 8.28. The molecule has 20 heavy (non-hydrogen) atoms. The van der Waals surface area contributed by atoms with Crippen LogP contribution in [-0.2, 0) is 11.2 Å². The molecule has 0 bridgehead atoms. The largest absolute Gasteiger partial charge is 0.497 e. The first-order valence-corrected chi connectivity index (χ1v) is 7.03. The number of hydrogen-bond acceptors (Lipinski definition) is 5. The Balaban J connectivity index is 1.99. The first-order valence-electron chi connectivity index (χ1n) is 6.21. The van der Waals surface area contributed by atoms with Gasteiger partial charge < -0.3 is 9.84 Å². The Morgan fingerprint density at radius 2 is 2.30 bits per heavy atom. The number of carboxylic acids is 1. The average Bonchev–Trinajstić information content (AvgIpc) is 2.97. The molecule has 0 amide bonds. The standard InChI is InChI=1S/C13H13N3O3S/c1-19-8-5-6-9-10(7-8)20-13-15-14-11(16(9)13)3-2-4-12(17)18/h5-7H,2-4H2,1H3,(H,17,18). The highest BCUT2D eigenvalue weighted by molar-refractivity contribution is 7.23. The molecule has 0 saturated heterocycles. The highest BCUT2D eigenvalue weighted by atomic mass is 32.1. The van der Waals surface area contributed by atoms with Gasteiger partial charge in [0.1, 0.15) is 11.6 Å². The van der Waals surface area contributed by atoms with E-state index in [0.717, 1.165) is 26.8 Å². The minimum Gasteiger partial charge on any atom is -0.497 e. The van der Waals surface area contributed by atoms with Gasteiger partial charge in [-0.3, -0.25) is 9.20 Å². The predicted octanol–water partition coefficient (Wildman–Crippen LogP) is 2.36. The second-order valence-electron chi connectivity index (χ2n) is 4.42. The Labute approximate surface area is 118 Å². The average molecular weight is 291 g/mol. The van der Waals surface area contributed by atoms with E-state index < -0.39 is 5.97 Å². The quantitative estimate of drug-likeness (QED) is 0.781. The number of methoxy groups -OCH3 is 1. The van der Waals surface area contributed by atoms with E-state index in [1.54, 1.807) is 18.4 Å². The molecule has 104 valence electrons. The van der Waals surface area contributed by atoms with Gasteiger partial charge in [-0.2, -0.15) is 0 Å². The lowest BCUT2D eigenvalue weighted by Crippen LogP contribution is -1.99. The molecule has 0 aliphatic rings. The molecule has 0 spiro atoms. The minimum absolute atomic E-state index is 0.144. The molecule has 1 N–H and O–H groups in total. The molecular weight excluding hydrogens is 278 g/mol. The number of benzene rings is 1. The first kappa shape index (κ1) is 12.9. The van der Waals surface area contributed by atoms with Crippen molar-refractivity contribution < 1.29 is 14.6 Å². The van der Waals surface area contributed by atoms with Crippen molar-refractivity contribution in [3.8, 4) is 5.75 Å². The van der Waals surface area contributed by atoms with E-state index in [1.165, 1.54) is 0 Å². The monoisotopic (exact) mass is 291 g/mol. The zero-order valence-corrected chi connectivity index (χ0v) is 11.7. The molecule has 2 aromatic heterocycles. The Morgan fingerprint density at radius 3 is 3.05 bits per heavy atom. The number of aryl methyl sites for hydroxylation is 1. The zero-order valence-electron chi connectivity index (χ0n) is 10.9. The van der Waals surface area contributed by atoms with Gasteiger partial charge in [-0.25, -0.2) is 0 Å². The number of aromatic nitrogens is 3. The molecule has 0 aliphatic heterocycles. The van der Waals surface area contributed by atoms with Gasteiger partial charge in [0.2, 0.25) is 4.96 Å². The smallest absolute Gasteiger partial charge is 0.303 e. The van der Waals surface area contributed by atoms with Crippen LogP contribution in [0, 0.1) is 0 Å². The number of nitrogens with zero attached hydrogens (tertiary/aromatic N) is 3. The number of ether oxygens (including phenoxy) is 1. The SMILES string of the molecule is COc1ccc2c(c1)sc1nnc(CCCC(=O)O)n12. The minimum atomic E-state index is -0.786. The van der Waals surface area contributed by atoms with Gasteiger partial charge in [0, 0.05) is 12.8 Å². The second-order valence-corrected chi connectivity index (χ2v) is 5.43. The normalized spacial score (nSPS) is 11.2. The van der Waals surface area contributed by atoms with Gasteiger partial charge in [0.15, 0.2) is 0 Å². The summed E-state index contributed by atoms with van der Waals surface area (Å²) in [5.74, 6) is 0.825. The maximum absolute atomic E-state index is 10.6. The third-order valence-electron chi connectivity index (χ3n) is 3.10. The number of fused-ring (bicyclic) bond motifs is 3. The van der Waals surface area contributed by atoms with E-state index in [-0.39, 0.29) is 6.42 Å². The topological polar surface area (TPSA) is 76.7 Å². The Bertz CT molecular complexity index is 778. The zero-order chi connectivity index (χ0) is 14.1. The van der Waals surface area contributed by atoms with Crippen molar-refractivity contribution in [3.05, 3.63) is 24.0 Å². The molecule has 0 radical (unpaired) electrons. The predicted molar refractivity (Wildman–Crippen MR) is 75.5 cm³/mol. The molecule has 0 atom stereocenters. The number of carbonyl (C=O) groups is 1. The maximum atomic E-state index is 10.6. The summed E-state index contributed by atoms with van der Waals surface area (Å²) in [6.07, 6.45) is 1.31. The van der Waals surface area contributed by atoms with E-state index in [1.807, 2.05) is 22.6 Å². The number of hydrogen-bond donors (Lipinski definition) is 1. The number of carboxylic acid groups (broad SMARTS) is 1. The summed E-state index contributed by atoms with van der Waals surface area (Å²) in [5, 5.41) is 17.0. The number of aliphatic carboxylic acids is 1. The fourth-order valence-electron chi connectivity index (χ4n) is 2.15. The molecule has 3 aromatic rings. The third kappa shape index (κ3) is 2.20. The maximum Gasteiger partial charge on any atom is 0.303 e. The summed E-state index contributed by atoms with van der Waals surface area (Å²) >= 11 is 1.54. The molecule has 1 aromatic carbocycles. The van der Waals surface area contributed by atoms with Crippen molar-refractivity contribution in [1.29, 1.82) is 0 Å². The molecule has 0 fully saturated rings. The van der Waals surface area contributed by atoms with Crippen molar-refractivity contribution >= 4 is 32.5 Å². The Morgan fingerprint density at radius 1 is 1.45 bits per heavy atom. The van der Waals surface area contributed by atoms with Crippen LogP contribution in [0.4, 0.5) is 0 Å². The van der Waals surface area contributed by atoms with Gasteiger partial charge in [0.05, 0.1) is 17.3 Å². The molecule has 0 saturated carbocycles. The van der Waals surface area contributed by atoms with Crippen LogP contribution in [0.2, 0.25) is 0 Å². The summed E-state index contributed by atoms with van der Waals surface area (Å²) in [7, 11) is 1.64. The first-order chi connectivity index (χ1) is 9.69. The lowest BCUT2D eigenvalue weighted by atomic mass is 10.2. The van der Waals surface area contributed by atoms with Crippen LogP contribution in [0.3, 0.4) is 0 Å². The van der Waals surface area contributed by atoms with Crippen molar-refractivity contribution in [2.45, 2.75) is 19.3 Å². The molecule has 7 heteroatoms. The second kappa shape index (κ2) is 5.09. The van der Waals surface area contributed by atoms with Gasteiger partial charge in [-0.15, -0.1) is 10.2 Å². The van der Waals surface area contributed by atoms with Crippen molar-refractivity contribution in [2.75, 3.05) is 7.11 Å². The van der Waals surface area contributed by atoms with Gasteiger partial charge in [0.25, 0.3) is 0 Å². The van der Waals surface area contributed by atoms with Crippen LogP contribution < -0.4 is 4.74 Å². The molecule has 2 heterocycles. The Kier molecular flexibility index (Phi) is 3.27. The fraction of sp³-hybridized carbons (Fsp3) is 0.308. The summed E-state index contributed by atoms with van der Waals surface area (Å²) in [6, 6.07) is 5.84. The van der Waals surface area contributed by atoms with Gasteiger partial charge in [-0.1, -0.05) is 11.3 Å². The van der Waals surface area contributed by atoms with E-state index in [0.29, 0.717) is 12.8 Å². The van der Waals surface area contributed by atoms with Crippen molar-refractivity contribution in [1.82, 2.24) is 14.6 Å². The van der Waals surface area contributed by atoms with Gasteiger partial charge >= 0.3 is 5.97 Å². The molecule has 3 rings (SSSR count). The van der Waals surface area contributed by atoms with Crippen LogP contribution >= 0.6 is 11.3 Å². The molecule has 0 aliphatic carbocycles. The van der Waals surface area contributed by atoms with Crippen LogP contribution in [0.1, 0.15) is 18.7 Å². The highest BCUT2D eigenvalue weighted by Crippen LogP contribution is 2.29. The van der Waals surface area contributed by atoms with E-state index in [9.17, 15) is 4.79 Å². The number of thiazole rings is 1. The van der Waals surface area contributed by atoms with Crippen molar-refractivity contribution in [2.24, 2.45) is 0 Å². The lowest BCUT2D eigenvalue weighted by Gasteiger charge is -2.00. The van der Waals surface area contributed by atoms with E-state index in [2.05, 4.69) is 10.2 Å². The van der Waals surface area contributed by atoms with E-state index in [4.69, 9.17) is 9.84 Å².